The molecule has 5 heteroatoms. The number of hydrogen-bond acceptors (Lipinski definition) is 2. The van der Waals surface area contributed by atoms with E-state index >= 15 is 0 Å². The van der Waals surface area contributed by atoms with Crippen molar-refractivity contribution in [3.63, 3.8) is 0 Å². The number of halogens is 3. The summed E-state index contributed by atoms with van der Waals surface area (Å²) in [4.78, 5) is 0. The van der Waals surface area contributed by atoms with Gasteiger partial charge in [0.2, 0.25) is 0 Å². The molecule has 0 aliphatic carbocycles. The summed E-state index contributed by atoms with van der Waals surface area (Å²) in [5, 5.41) is 2.82. The van der Waals surface area contributed by atoms with E-state index in [1.165, 1.54) is 0 Å². The zero-order valence-electron chi connectivity index (χ0n) is 8.83. The van der Waals surface area contributed by atoms with Crippen molar-refractivity contribution < 1.29 is 17.9 Å². The lowest BCUT2D eigenvalue weighted by Gasteiger charge is -2.48. The fraction of sp³-hybridized carbons (Fsp3) is 1.00. The second-order valence-electron chi connectivity index (χ2n) is 4.54. The van der Waals surface area contributed by atoms with Gasteiger partial charge in [-0.1, -0.05) is 0 Å². The topological polar surface area (TPSA) is 21.3 Å². The van der Waals surface area contributed by atoms with Crippen molar-refractivity contribution in [3.05, 3.63) is 0 Å². The first kappa shape index (κ1) is 11.8. The van der Waals surface area contributed by atoms with Gasteiger partial charge >= 0.3 is 6.18 Å². The molecule has 1 fully saturated rings. The van der Waals surface area contributed by atoms with Gasteiger partial charge in [-0.15, -0.1) is 0 Å². The lowest BCUT2D eigenvalue weighted by atomic mass is 9.92. The third kappa shape index (κ3) is 1.88. The van der Waals surface area contributed by atoms with Crippen LogP contribution in [0.15, 0.2) is 0 Å². The van der Waals surface area contributed by atoms with E-state index < -0.39 is 17.4 Å². The zero-order chi connectivity index (χ0) is 11.2. The zero-order valence-corrected chi connectivity index (χ0v) is 8.83. The second-order valence-corrected chi connectivity index (χ2v) is 4.54. The molecule has 1 aliphatic heterocycles. The summed E-state index contributed by atoms with van der Waals surface area (Å²) >= 11 is 0. The van der Waals surface area contributed by atoms with Crippen molar-refractivity contribution in [2.75, 3.05) is 6.54 Å². The molecule has 0 spiro atoms. The number of hydrogen-bond donors (Lipinski definition) is 1. The highest BCUT2D eigenvalue weighted by Gasteiger charge is 2.57. The van der Waals surface area contributed by atoms with Crippen molar-refractivity contribution >= 4 is 0 Å². The van der Waals surface area contributed by atoms with Crippen LogP contribution in [-0.4, -0.2) is 30.0 Å². The maximum absolute atomic E-state index is 12.6. The van der Waals surface area contributed by atoms with E-state index in [9.17, 15) is 13.2 Å². The molecule has 14 heavy (non-hydrogen) atoms. The Labute approximate surface area is 81.8 Å². The molecule has 0 aromatic rings. The normalized spacial score (nSPS) is 38.4. The highest BCUT2D eigenvalue weighted by atomic mass is 19.4. The van der Waals surface area contributed by atoms with Crippen LogP contribution in [0, 0.1) is 0 Å². The fourth-order valence-electron chi connectivity index (χ4n) is 1.46. The van der Waals surface area contributed by atoms with Crippen LogP contribution in [-0.2, 0) is 4.74 Å². The molecule has 84 valence electrons. The largest absolute Gasteiger partial charge is 0.418 e. The molecule has 1 N–H and O–H groups in total. The number of rotatable bonds is 0. The third-order valence-electron chi connectivity index (χ3n) is 2.88. The molecule has 0 aromatic heterocycles. The molecule has 0 bridgehead atoms. The summed E-state index contributed by atoms with van der Waals surface area (Å²) in [5.41, 5.74) is -2.88. The van der Waals surface area contributed by atoms with Gasteiger partial charge in [0.25, 0.3) is 0 Å². The summed E-state index contributed by atoms with van der Waals surface area (Å²) in [7, 11) is 0. The Morgan fingerprint density at radius 2 is 1.79 bits per heavy atom. The predicted molar refractivity (Wildman–Crippen MR) is 47.1 cm³/mol. The van der Waals surface area contributed by atoms with Gasteiger partial charge in [-0.05, 0) is 27.7 Å². The van der Waals surface area contributed by atoms with Crippen LogP contribution in [0.5, 0.6) is 0 Å². The number of alkyl halides is 3. The highest BCUT2D eigenvalue weighted by molar-refractivity contribution is 4.98. The quantitative estimate of drug-likeness (QED) is 0.662. The Morgan fingerprint density at radius 1 is 1.29 bits per heavy atom. The van der Waals surface area contributed by atoms with Crippen LogP contribution in [0.25, 0.3) is 0 Å². The Kier molecular flexibility index (Phi) is 2.61. The van der Waals surface area contributed by atoms with Crippen LogP contribution >= 0.6 is 0 Å². The van der Waals surface area contributed by atoms with E-state index in [1.54, 1.807) is 13.8 Å². The van der Waals surface area contributed by atoms with E-state index in [2.05, 4.69) is 5.32 Å². The first-order valence-corrected chi connectivity index (χ1v) is 4.59. The van der Waals surface area contributed by atoms with Crippen molar-refractivity contribution in [1.82, 2.24) is 5.32 Å². The van der Waals surface area contributed by atoms with E-state index in [0.717, 1.165) is 6.92 Å². The fourth-order valence-corrected chi connectivity index (χ4v) is 1.46. The Morgan fingerprint density at radius 3 is 2.14 bits per heavy atom. The highest BCUT2D eigenvalue weighted by Crippen LogP contribution is 2.39. The van der Waals surface area contributed by atoms with Gasteiger partial charge in [-0.25, -0.2) is 0 Å². The Balaban J connectivity index is 2.87. The summed E-state index contributed by atoms with van der Waals surface area (Å²) in [6.07, 6.45) is -4.34. The van der Waals surface area contributed by atoms with Gasteiger partial charge in [0, 0.05) is 12.6 Å². The summed E-state index contributed by atoms with van der Waals surface area (Å²) < 4.78 is 43.0. The smallest absolute Gasteiger partial charge is 0.357 e. The van der Waals surface area contributed by atoms with Crippen LogP contribution in [0.2, 0.25) is 0 Å². The molecule has 1 rings (SSSR count). The lowest BCUT2D eigenvalue weighted by molar-refractivity contribution is -0.313. The van der Waals surface area contributed by atoms with Gasteiger partial charge < -0.3 is 10.1 Å². The molecular formula is C9H16F3NO. The predicted octanol–water partition coefficient (Wildman–Crippen LogP) is 2.09. The molecule has 0 radical (unpaired) electrons. The van der Waals surface area contributed by atoms with E-state index in [1.807, 2.05) is 6.92 Å². The Hall–Kier alpha value is -0.290. The van der Waals surface area contributed by atoms with Crippen LogP contribution in [0.3, 0.4) is 0 Å². The SMILES string of the molecule is CC1NCC(C)(C(F)(F)F)OC1(C)C. The van der Waals surface area contributed by atoms with Crippen LogP contribution in [0.1, 0.15) is 27.7 Å². The summed E-state index contributed by atoms with van der Waals surface area (Å²) in [6, 6.07) is -0.0853. The minimum absolute atomic E-state index is 0.0853. The number of morpholine rings is 1. The molecule has 0 aromatic carbocycles. The van der Waals surface area contributed by atoms with Gasteiger partial charge in [0.15, 0.2) is 5.60 Å². The van der Waals surface area contributed by atoms with Crippen LogP contribution in [0.4, 0.5) is 13.2 Å². The molecule has 2 atom stereocenters. The minimum Gasteiger partial charge on any atom is -0.357 e. The molecule has 0 amide bonds. The van der Waals surface area contributed by atoms with E-state index in [4.69, 9.17) is 4.74 Å². The van der Waals surface area contributed by atoms with Gasteiger partial charge in [0.05, 0.1) is 5.60 Å². The van der Waals surface area contributed by atoms with Crippen molar-refractivity contribution in [3.8, 4) is 0 Å². The lowest BCUT2D eigenvalue weighted by Crippen LogP contribution is -2.66. The number of ether oxygens (including phenoxy) is 1. The molecule has 0 saturated carbocycles. The molecule has 1 aliphatic rings. The standard InChI is InChI=1S/C9H16F3NO/c1-6-7(2,3)14-8(4,5-13-6)9(10,11)12/h6,13H,5H2,1-4H3. The maximum Gasteiger partial charge on any atom is 0.418 e. The van der Waals surface area contributed by atoms with Crippen molar-refractivity contribution in [2.24, 2.45) is 0 Å². The van der Waals surface area contributed by atoms with Gasteiger partial charge in [0.1, 0.15) is 0 Å². The summed E-state index contributed by atoms with van der Waals surface area (Å²) in [5.74, 6) is 0. The third-order valence-corrected chi connectivity index (χ3v) is 2.88. The van der Waals surface area contributed by atoms with Gasteiger partial charge in [-0.3, -0.25) is 0 Å². The molecule has 1 heterocycles. The molecular weight excluding hydrogens is 195 g/mol. The van der Waals surface area contributed by atoms with Crippen molar-refractivity contribution in [2.45, 2.75) is 51.1 Å². The molecule has 2 nitrogen and oxygen atoms in total. The summed E-state index contributed by atoms with van der Waals surface area (Å²) in [6.45, 7) is 6.02. The van der Waals surface area contributed by atoms with E-state index in [0.29, 0.717) is 0 Å². The monoisotopic (exact) mass is 211 g/mol. The minimum atomic E-state index is -4.34. The Bertz CT molecular complexity index is 227. The average molecular weight is 211 g/mol. The van der Waals surface area contributed by atoms with Crippen LogP contribution < -0.4 is 5.32 Å². The van der Waals surface area contributed by atoms with Gasteiger partial charge in [-0.2, -0.15) is 13.2 Å². The first-order chi connectivity index (χ1) is 6.08. The number of nitrogens with one attached hydrogen (secondary N) is 1. The maximum atomic E-state index is 12.6. The second kappa shape index (κ2) is 3.10. The first-order valence-electron chi connectivity index (χ1n) is 4.59. The average Bonchev–Trinajstić information content (AvgIpc) is 1.94. The molecule has 1 saturated heterocycles. The van der Waals surface area contributed by atoms with Crippen molar-refractivity contribution in [1.29, 1.82) is 0 Å². The molecule has 2 unspecified atom stereocenters. The van der Waals surface area contributed by atoms with E-state index in [-0.39, 0.29) is 12.6 Å².